The van der Waals surface area contributed by atoms with E-state index in [2.05, 4.69) is 12.1 Å². The van der Waals surface area contributed by atoms with Crippen molar-refractivity contribution < 1.29 is 19.5 Å². The van der Waals surface area contributed by atoms with Crippen LogP contribution in [-0.4, -0.2) is 66.0 Å². The average Bonchev–Trinajstić information content (AvgIpc) is 3.73. The summed E-state index contributed by atoms with van der Waals surface area (Å²) in [7, 11) is 5.68. The van der Waals surface area contributed by atoms with Crippen molar-refractivity contribution in [2.45, 2.75) is 19.4 Å². The lowest BCUT2D eigenvalue weighted by Crippen LogP contribution is -2.41. The van der Waals surface area contributed by atoms with Gasteiger partial charge in [0.25, 0.3) is 0 Å². The second-order valence-electron chi connectivity index (χ2n) is 11.1. The second-order valence-corrected chi connectivity index (χ2v) is 11.1. The summed E-state index contributed by atoms with van der Waals surface area (Å²) in [6, 6.07) is 27.9. The van der Waals surface area contributed by atoms with Crippen LogP contribution in [0.4, 0.5) is 0 Å². The van der Waals surface area contributed by atoms with E-state index in [1.54, 1.807) is 17.4 Å². The minimum absolute atomic E-state index is 0.0768. The molecule has 8 nitrogen and oxygen atoms in total. The van der Waals surface area contributed by atoms with E-state index in [1.807, 2.05) is 91.8 Å². The molecular formula is C33H36N4O4. The topological polar surface area (TPSA) is 95.0 Å². The maximum absolute atomic E-state index is 13.5. The number of nitrogens with one attached hydrogen (secondary N) is 1. The summed E-state index contributed by atoms with van der Waals surface area (Å²) >= 11 is 0. The molecule has 41 heavy (non-hydrogen) atoms. The van der Waals surface area contributed by atoms with Gasteiger partial charge < -0.3 is 14.5 Å². The standard InChI is InChI=1S/C33H36N4O4/c1-36(2)17-18-37(3)32(39)33(21-28(33)31(38)35-40)20-23-13-15-26(16-14-23)41-22-25-19-30(24-9-5-4-6-10-24)34-29-12-8-7-11-27(25)29/h4-16,19,28,40H,17-18,20-22H2,1-3H3,(H,35,38)/t28-,33+/m1/s1. The van der Waals surface area contributed by atoms with E-state index < -0.39 is 17.2 Å². The Morgan fingerprint density at radius 3 is 2.39 bits per heavy atom. The molecule has 212 valence electrons. The third-order valence-corrected chi connectivity index (χ3v) is 7.87. The Labute approximate surface area is 240 Å². The lowest BCUT2D eigenvalue weighted by atomic mass is 9.92. The van der Waals surface area contributed by atoms with Crippen molar-refractivity contribution in [3.63, 3.8) is 0 Å². The monoisotopic (exact) mass is 552 g/mol. The Morgan fingerprint density at radius 2 is 1.68 bits per heavy atom. The van der Waals surface area contributed by atoms with Crippen LogP contribution in [0.3, 0.4) is 0 Å². The number of aromatic nitrogens is 1. The number of likely N-dealkylation sites (N-methyl/N-ethyl adjacent to an activating group) is 2. The molecule has 0 aliphatic heterocycles. The number of rotatable bonds is 11. The van der Waals surface area contributed by atoms with Gasteiger partial charge >= 0.3 is 0 Å². The summed E-state index contributed by atoms with van der Waals surface area (Å²) in [5.74, 6) is -0.442. The predicted molar refractivity (Wildman–Crippen MR) is 158 cm³/mol. The van der Waals surface area contributed by atoms with E-state index in [0.29, 0.717) is 31.7 Å². The van der Waals surface area contributed by atoms with E-state index in [0.717, 1.165) is 39.8 Å². The Hall–Kier alpha value is -4.27. The first-order valence-corrected chi connectivity index (χ1v) is 13.8. The maximum Gasteiger partial charge on any atom is 0.247 e. The number of para-hydroxylation sites is 1. The van der Waals surface area contributed by atoms with E-state index in [4.69, 9.17) is 9.72 Å². The Balaban J connectivity index is 1.31. The van der Waals surface area contributed by atoms with Crippen molar-refractivity contribution in [2.24, 2.45) is 11.3 Å². The van der Waals surface area contributed by atoms with Crippen LogP contribution in [0, 0.1) is 11.3 Å². The summed E-state index contributed by atoms with van der Waals surface area (Å²) in [5, 5.41) is 10.3. The highest BCUT2D eigenvalue weighted by Gasteiger charge is 2.63. The zero-order valence-corrected chi connectivity index (χ0v) is 23.7. The van der Waals surface area contributed by atoms with Crippen LogP contribution in [0.5, 0.6) is 5.75 Å². The smallest absolute Gasteiger partial charge is 0.247 e. The number of hydrogen-bond donors (Lipinski definition) is 2. The largest absolute Gasteiger partial charge is 0.489 e. The van der Waals surface area contributed by atoms with Gasteiger partial charge in [0, 0.05) is 36.7 Å². The fourth-order valence-corrected chi connectivity index (χ4v) is 5.42. The van der Waals surface area contributed by atoms with Gasteiger partial charge in [0.2, 0.25) is 11.8 Å². The van der Waals surface area contributed by atoms with Crippen LogP contribution < -0.4 is 10.2 Å². The molecule has 8 heteroatoms. The zero-order valence-electron chi connectivity index (χ0n) is 23.7. The normalized spacial score (nSPS) is 17.8. The molecule has 2 amide bonds. The Morgan fingerprint density at radius 1 is 0.976 bits per heavy atom. The van der Waals surface area contributed by atoms with Crippen molar-refractivity contribution in [1.29, 1.82) is 0 Å². The SMILES string of the molecule is CN(C)CCN(C)C(=O)[C@@]1(Cc2ccc(OCc3cc(-c4ccccc4)nc4ccccc34)cc2)C[C@@H]1C(=O)NO. The molecule has 2 N–H and O–H groups in total. The summed E-state index contributed by atoms with van der Waals surface area (Å²) in [4.78, 5) is 34.3. The number of carbonyl (C=O) groups excluding carboxylic acids is 2. The molecule has 1 aromatic heterocycles. The molecule has 2 atom stereocenters. The van der Waals surface area contributed by atoms with Crippen LogP contribution in [0.25, 0.3) is 22.2 Å². The average molecular weight is 553 g/mol. The molecule has 1 fully saturated rings. The van der Waals surface area contributed by atoms with E-state index in [-0.39, 0.29) is 5.91 Å². The molecule has 4 aromatic rings. The van der Waals surface area contributed by atoms with Gasteiger partial charge in [-0.2, -0.15) is 0 Å². The lowest BCUT2D eigenvalue weighted by molar-refractivity contribution is -0.140. The van der Waals surface area contributed by atoms with Gasteiger partial charge in [0.15, 0.2) is 0 Å². The number of pyridine rings is 1. The van der Waals surface area contributed by atoms with Crippen LogP contribution in [-0.2, 0) is 22.6 Å². The number of hydroxylamine groups is 1. The summed E-state index contributed by atoms with van der Waals surface area (Å²) in [6.07, 6.45) is 0.813. The molecule has 0 bridgehead atoms. The molecule has 0 radical (unpaired) electrons. The summed E-state index contributed by atoms with van der Waals surface area (Å²) in [5.41, 5.74) is 5.71. The Kier molecular flexibility index (Phi) is 8.33. The molecular weight excluding hydrogens is 516 g/mol. The molecule has 0 unspecified atom stereocenters. The maximum atomic E-state index is 13.5. The van der Waals surface area contributed by atoms with Crippen LogP contribution in [0.1, 0.15) is 17.5 Å². The van der Waals surface area contributed by atoms with E-state index in [9.17, 15) is 14.8 Å². The van der Waals surface area contributed by atoms with E-state index >= 15 is 0 Å². The quantitative estimate of drug-likeness (QED) is 0.209. The number of fused-ring (bicyclic) bond motifs is 1. The van der Waals surface area contributed by atoms with Gasteiger partial charge in [-0.1, -0.05) is 60.7 Å². The van der Waals surface area contributed by atoms with Gasteiger partial charge in [-0.3, -0.25) is 14.8 Å². The van der Waals surface area contributed by atoms with Gasteiger partial charge in [-0.25, -0.2) is 10.5 Å². The first kappa shape index (κ1) is 28.3. The molecule has 1 aliphatic rings. The van der Waals surface area contributed by atoms with Gasteiger partial charge in [0.05, 0.1) is 22.5 Å². The highest BCUT2D eigenvalue weighted by molar-refractivity contribution is 5.95. The van der Waals surface area contributed by atoms with Crippen molar-refractivity contribution in [2.75, 3.05) is 34.2 Å². The number of nitrogens with zero attached hydrogens (tertiary/aromatic N) is 3. The molecule has 0 spiro atoms. The molecule has 1 saturated carbocycles. The molecule has 3 aromatic carbocycles. The Bertz CT molecular complexity index is 1520. The zero-order chi connectivity index (χ0) is 29.0. The summed E-state index contributed by atoms with van der Waals surface area (Å²) in [6.45, 7) is 1.66. The van der Waals surface area contributed by atoms with Crippen molar-refractivity contribution >= 4 is 22.7 Å². The van der Waals surface area contributed by atoms with Crippen molar-refractivity contribution in [1.82, 2.24) is 20.3 Å². The molecule has 5 rings (SSSR count). The van der Waals surface area contributed by atoms with Crippen molar-refractivity contribution in [3.05, 3.63) is 96.1 Å². The third kappa shape index (κ3) is 6.24. The minimum atomic E-state index is -0.861. The van der Waals surface area contributed by atoms with Gasteiger partial charge in [-0.05, 0) is 56.8 Å². The molecule has 1 aliphatic carbocycles. The first-order chi connectivity index (χ1) is 19.8. The number of hydrogen-bond acceptors (Lipinski definition) is 6. The first-order valence-electron chi connectivity index (χ1n) is 13.8. The molecule has 1 heterocycles. The fourth-order valence-electron chi connectivity index (χ4n) is 5.42. The highest BCUT2D eigenvalue weighted by Crippen LogP contribution is 2.56. The van der Waals surface area contributed by atoms with Gasteiger partial charge in [0.1, 0.15) is 12.4 Å². The van der Waals surface area contributed by atoms with Crippen LogP contribution in [0.15, 0.2) is 84.9 Å². The fraction of sp³-hybridized carbons (Fsp3) is 0.303. The number of carbonyl (C=O) groups is 2. The number of benzene rings is 3. The predicted octanol–water partition coefficient (Wildman–Crippen LogP) is 4.56. The van der Waals surface area contributed by atoms with Crippen molar-refractivity contribution in [3.8, 4) is 17.0 Å². The van der Waals surface area contributed by atoms with Gasteiger partial charge in [-0.15, -0.1) is 0 Å². The van der Waals surface area contributed by atoms with Crippen LogP contribution >= 0.6 is 0 Å². The highest BCUT2D eigenvalue weighted by atomic mass is 16.5. The lowest BCUT2D eigenvalue weighted by Gasteiger charge is -2.26. The number of amides is 2. The van der Waals surface area contributed by atoms with Crippen LogP contribution in [0.2, 0.25) is 0 Å². The van der Waals surface area contributed by atoms with E-state index in [1.165, 1.54) is 0 Å². The second kappa shape index (κ2) is 12.1. The molecule has 0 saturated heterocycles. The minimum Gasteiger partial charge on any atom is -0.489 e. The summed E-state index contributed by atoms with van der Waals surface area (Å²) < 4.78 is 6.20. The number of ether oxygens (including phenoxy) is 1. The third-order valence-electron chi connectivity index (χ3n) is 7.87.